The number of hydrogen-bond donors (Lipinski definition) is 1. The second-order valence-corrected chi connectivity index (χ2v) is 5.15. The SMILES string of the molecule is Brc1ccccc1NCc1cnn(-c2ccccc2)n1. The minimum absolute atomic E-state index is 0.634. The van der Waals surface area contributed by atoms with Crippen molar-refractivity contribution in [2.45, 2.75) is 6.54 Å². The molecule has 1 heterocycles. The summed E-state index contributed by atoms with van der Waals surface area (Å²) in [6, 6.07) is 17.9. The Morgan fingerprint density at radius 2 is 1.75 bits per heavy atom. The van der Waals surface area contributed by atoms with E-state index in [0.717, 1.165) is 21.5 Å². The normalized spacial score (nSPS) is 10.4. The Kier molecular flexibility index (Phi) is 3.78. The quantitative estimate of drug-likeness (QED) is 0.795. The van der Waals surface area contributed by atoms with E-state index in [1.54, 1.807) is 11.0 Å². The van der Waals surface area contributed by atoms with Gasteiger partial charge in [-0.2, -0.15) is 15.0 Å². The van der Waals surface area contributed by atoms with E-state index in [-0.39, 0.29) is 0 Å². The van der Waals surface area contributed by atoms with Crippen molar-refractivity contribution in [3.8, 4) is 5.69 Å². The minimum Gasteiger partial charge on any atom is -0.378 e. The van der Waals surface area contributed by atoms with E-state index in [1.165, 1.54) is 0 Å². The molecule has 1 aromatic heterocycles. The molecule has 0 bridgehead atoms. The van der Waals surface area contributed by atoms with Gasteiger partial charge in [0.2, 0.25) is 0 Å². The van der Waals surface area contributed by atoms with Gasteiger partial charge in [-0.1, -0.05) is 30.3 Å². The molecule has 0 radical (unpaired) electrons. The highest BCUT2D eigenvalue weighted by Crippen LogP contribution is 2.21. The average molecular weight is 329 g/mol. The van der Waals surface area contributed by atoms with Crippen LogP contribution in [0.1, 0.15) is 5.69 Å². The molecule has 0 saturated carbocycles. The zero-order chi connectivity index (χ0) is 13.8. The van der Waals surface area contributed by atoms with Gasteiger partial charge in [0.05, 0.1) is 18.4 Å². The molecule has 4 nitrogen and oxygen atoms in total. The van der Waals surface area contributed by atoms with E-state index in [4.69, 9.17) is 0 Å². The molecule has 0 amide bonds. The van der Waals surface area contributed by atoms with Crippen LogP contribution in [-0.2, 0) is 6.54 Å². The number of aromatic nitrogens is 3. The third-order valence-electron chi connectivity index (χ3n) is 2.86. The summed E-state index contributed by atoms with van der Waals surface area (Å²) in [6.07, 6.45) is 1.77. The van der Waals surface area contributed by atoms with Crippen molar-refractivity contribution in [1.82, 2.24) is 15.0 Å². The fraction of sp³-hybridized carbons (Fsp3) is 0.0667. The summed E-state index contributed by atoms with van der Waals surface area (Å²) >= 11 is 3.51. The highest BCUT2D eigenvalue weighted by atomic mass is 79.9. The van der Waals surface area contributed by atoms with Gasteiger partial charge >= 0.3 is 0 Å². The van der Waals surface area contributed by atoms with Gasteiger partial charge in [0.1, 0.15) is 5.69 Å². The second-order valence-electron chi connectivity index (χ2n) is 4.29. The van der Waals surface area contributed by atoms with Crippen LogP contribution in [0.25, 0.3) is 5.69 Å². The van der Waals surface area contributed by atoms with Crippen molar-refractivity contribution in [3.63, 3.8) is 0 Å². The number of nitrogens with one attached hydrogen (secondary N) is 1. The molecule has 1 N–H and O–H groups in total. The number of hydrogen-bond acceptors (Lipinski definition) is 3. The lowest BCUT2D eigenvalue weighted by Crippen LogP contribution is -2.03. The molecule has 0 spiro atoms. The number of benzene rings is 2. The average Bonchev–Trinajstić information content (AvgIpc) is 2.96. The van der Waals surface area contributed by atoms with E-state index in [1.807, 2.05) is 54.6 Å². The van der Waals surface area contributed by atoms with Crippen LogP contribution in [0.4, 0.5) is 5.69 Å². The van der Waals surface area contributed by atoms with E-state index in [2.05, 4.69) is 31.4 Å². The number of rotatable bonds is 4. The van der Waals surface area contributed by atoms with Crippen molar-refractivity contribution < 1.29 is 0 Å². The molecule has 0 unspecified atom stereocenters. The Morgan fingerprint density at radius 3 is 2.55 bits per heavy atom. The molecule has 0 saturated heterocycles. The summed E-state index contributed by atoms with van der Waals surface area (Å²) in [4.78, 5) is 1.64. The number of para-hydroxylation sites is 2. The van der Waals surface area contributed by atoms with Crippen LogP contribution in [0.5, 0.6) is 0 Å². The molecule has 2 aromatic carbocycles. The van der Waals surface area contributed by atoms with Crippen LogP contribution in [0.2, 0.25) is 0 Å². The van der Waals surface area contributed by atoms with Crippen LogP contribution in [0.3, 0.4) is 0 Å². The molecule has 3 aromatic rings. The first kappa shape index (κ1) is 12.9. The second kappa shape index (κ2) is 5.88. The maximum Gasteiger partial charge on any atom is 0.102 e. The summed E-state index contributed by atoms with van der Waals surface area (Å²) in [5, 5.41) is 12.1. The van der Waals surface area contributed by atoms with Gasteiger partial charge in [-0.3, -0.25) is 0 Å². The van der Waals surface area contributed by atoms with Gasteiger partial charge in [-0.05, 0) is 40.2 Å². The van der Waals surface area contributed by atoms with Crippen LogP contribution >= 0.6 is 15.9 Å². The van der Waals surface area contributed by atoms with Gasteiger partial charge in [-0.15, -0.1) is 0 Å². The summed E-state index contributed by atoms with van der Waals surface area (Å²) in [5.41, 5.74) is 2.89. The van der Waals surface area contributed by atoms with E-state index < -0.39 is 0 Å². The molecule has 3 rings (SSSR count). The van der Waals surface area contributed by atoms with E-state index in [0.29, 0.717) is 6.54 Å². The van der Waals surface area contributed by atoms with Crippen LogP contribution in [0.15, 0.2) is 65.3 Å². The van der Waals surface area contributed by atoms with Gasteiger partial charge in [-0.25, -0.2) is 0 Å². The maximum atomic E-state index is 4.45. The van der Waals surface area contributed by atoms with E-state index in [9.17, 15) is 0 Å². The third kappa shape index (κ3) is 2.88. The smallest absolute Gasteiger partial charge is 0.102 e. The number of halogens is 1. The molecular weight excluding hydrogens is 316 g/mol. The Hall–Kier alpha value is -2.14. The number of anilines is 1. The lowest BCUT2D eigenvalue weighted by Gasteiger charge is -2.05. The molecular formula is C15H13BrN4. The fourth-order valence-corrected chi connectivity index (χ4v) is 2.28. The van der Waals surface area contributed by atoms with Crippen LogP contribution < -0.4 is 5.32 Å². The summed E-state index contributed by atoms with van der Waals surface area (Å²) in [5.74, 6) is 0. The molecule has 0 aliphatic rings. The van der Waals surface area contributed by atoms with Crippen molar-refractivity contribution >= 4 is 21.6 Å². The predicted molar refractivity (Wildman–Crippen MR) is 82.8 cm³/mol. The first-order valence-corrected chi connectivity index (χ1v) is 7.07. The highest BCUT2D eigenvalue weighted by molar-refractivity contribution is 9.10. The molecule has 0 aliphatic carbocycles. The van der Waals surface area contributed by atoms with Crippen molar-refractivity contribution in [2.24, 2.45) is 0 Å². The summed E-state index contributed by atoms with van der Waals surface area (Å²) < 4.78 is 1.04. The van der Waals surface area contributed by atoms with Crippen LogP contribution in [0, 0.1) is 0 Å². The standard InChI is InChI=1S/C15H13BrN4/c16-14-8-4-5-9-15(14)17-10-12-11-18-20(19-12)13-6-2-1-3-7-13/h1-9,11,17H,10H2. The van der Waals surface area contributed by atoms with Crippen molar-refractivity contribution in [3.05, 3.63) is 71.0 Å². The lowest BCUT2D eigenvalue weighted by molar-refractivity contribution is 0.740. The molecule has 0 atom stereocenters. The third-order valence-corrected chi connectivity index (χ3v) is 3.55. The first-order chi connectivity index (χ1) is 9.83. The Morgan fingerprint density at radius 1 is 1.00 bits per heavy atom. The monoisotopic (exact) mass is 328 g/mol. The molecule has 0 fully saturated rings. The Labute approximate surface area is 125 Å². The van der Waals surface area contributed by atoms with Crippen molar-refractivity contribution in [1.29, 1.82) is 0 Å². The summed E-state index contributed by atoms with van der Waals surface area (Å²) in [7, 11) is 0. The molecule has 20 heavy (non-hydrogen) atoms. The maximum absolute atomic E-state index is 4.45. The molecule has 100 valence electrons. The topological polar surface area (TPSA) is 42.7 Å². The number of nitrogens with zero attached hydrogens (tertiary/aromatic N) is 3. The Balaban J connectivity index is 1.71. The Bertz CT molecular complexity index is 694. The minimum atomic E-state index is 0.634. The van der Waals surface area contributed by atoms with E-state index >= 15 is 0 Å². The zero-order valence-corrected chi connectivity index (χ0v) is 12.3. The fourth-order valence-electron chi connectivity index (χ4n) is 1.85. The lowest BCUT2D eigenvalue weighted by atomic mass is 10.3. The predicted octanol–water partition coefficient (Wildman–Crippen LogP) is 3.64. The zero-order valence-electron chi connectivity index (χ0n) is 10.7. The van der Waals surface area contributed by atoms with Gasteiger partial charge in [0.15, 0.2) is 0 Å². The van der Waals surface area contributed by atoms with Gasteiger partial charge in [0.25, 0.3) is 0 Å². The largest absolute Gasteiger partial charge is 0.378 e. The van der Waals surface area contributed by atoms with Crippen LogP contribution in [-0.4, -0.2) is 15.0 Å². The molecule has 0 aliphatic heterocycles. The highest BCUT2D eigenvalue weighted by Gasteiger charge is 2.03. The van der Waals surface area contributed by atoms with Gasteiger partial charge < -0.3 is 5.32 Å². The summed E-state index contributed by atoms with van der Waals surface area (Å²) in [6.45, 7) is 0.634. The first-order valence-electron chi connectivity index (χ1n) is 6.28. The molecule has 5 heteroatoms. The van der Waals surface area contributed by atoms with Gasteiger partial charge in [0, 0.05) is 10.2 Å². The van der Waals surface area contributed by atoms with Crippen molar-refractivity contribution in [2.75, 3.05) is 5.32 Å².